The van der Waals surface area contributed by atoms with Gasteiger partial charge < -0.3 is 20.6 Å². The first-order chi connectivity index (χ1) is 12.3. The van der Waals surface area contributed by atoms with Gasteiger partial charge in [0, 0.05) is 32.7 Å². The van der Waals surface area contributed by atoms with Crippen LogP contribution in [0.5, 0.6) is 0 Å². The second-order valence-electron chi connectivity index (χ2n) is 7.54. The normalized spacial score (nSPS) is 23.8. The molecule has 1 aliphatic heterocycles. The van der Waals surface area contributed by atoms with Gasteiger partial charge in [-0.1, -0.05) is 19.3 Å². The summed E-state index contributed by atoms with van der Waals surface area (Å²) in [5, 5.41) is 15.3. The monoisotopic (exact) mass is 368 g/mol. The van der Waals surface area contributed by atoms with Gasteiger partial charge >= 0.3 is 6.09 Å². The van der Waals surface area contributed by atoms with Gasteiger partial charge in [-0.05, 0) is 32.6 Å². The molecule has 0 bridgehead atoms. The van der Waals surface area contributed by atoms with E-state index in [-0.39, 0.29) is 17.9 Å². The van der Waals surface area contributed by atoms with Gasteiger partial charge in [-0.2, -0.15) is 0 Å². The molecule has 3 N–H and O–H groups in total. The molecule has 0 aromatic heterocycles. The molecule has 1 heterocycles. The molecule has 26 heavy (non-hydrogen) atoms. The largest absolute Gasteiger partial charge is 0.465 e. The Bertz CT molecular complexity index is 521. The van der Waals surface area contributed by atoms with Crippen molar-refractivity contribution in [1.29, 1.82) is 0 Å². The van der Waals surface area contributed by atoms with Gasteiger partial charge in [-0.15, -0.1) is 0 Å². The van der Waals surface area contributed by atoms with Crippen molar-refractivity contribution in [1.82, 2.24) is 20.4 Å². The lowest BCUT2D eigenvalue weighted by Gasteiger charge is -2.39. The SMILES string of the molecule is CC(C(=O)NC(C(=O)N1CCNC[C@H]1C)C1CCCCC1)N(C)C(=O)O. The summed E-state index contributed by atoms with van der Waals surface area (Å²) in [6.07, 6.45) is 3.95. The third-order valence-electron chi connectivity index (χ3n) is 5.73. The lowest BCUT2D eigenvalue weighted by Crippen LogP contribution is -2.61. The number of carbonyl (C=O) groups excluding carboxylic acids is 2. The number of hydrogen-bond acceptors (Lipinski definition) is 4. The lowest BCUT2D eigenvalue weighted by molar-refractivity contribution is -0.141. The Morgan fingerprint density at radius 3 is 2.46 bits per heavy atom. The van der Waals surface area contributed by atoms with Crippen LogP contribution in [-0.4, -0.2) is 77.6 Å². The lowest BCUT2D eigenvalue weighted by atomic mass is 9.83. The summed E-state index contributed by atoms with van der Waals surface area (Å²) < 4.78 is 0. The predicted molar refractivity (Wildman–Crippen MR) is 97.8 cm³/mol. The van der Waals surface area contributed by atoms with Crippen LogP contribution in [0.2, 0.25) is 0 Å². The molecular weight excluding hydrogens is 336 g/mol. The number of carboxylic acid groups (broad SMARTS) is 1. The third-order valence-corrected chi connectivity index (χ3v) is 5.73. The van der Waals surface area contributed by atoms with Crippen molar-refractivity contribution in [2.45, 2.75) is 64.1 Å². The molecule has 1 aliphatic carbocycles. The van der Waals surface area contributed by atoms with E-state index in [9.17, 15) is 14.4 Å². The van der Waals surface area contributed by atoms with Crippen molar-refractivity contribution in [3.63, 3.8) is 0 Å². The molecule has 1 saturated heterocycles. The van der Waals surface area contributed by atoms with E-state index in [1.54, 1.807) is 6.92 Å². The van der Waals surface area contributed by atoms with Crippen LogP contribution in [0.25, 0.3) is 0 Å². The maximum Gasteiger partial charge on any atom is 0.407 e. The quantitative estimate of drug-likeness (QED) is 0.668. The molecule has 0 aromatic rings. The Balaban J connectivity index is 2.13. The van der Waals surface area contributed by atoms with Crippen LogP contribution >= 0.6 is 0 Å². The molecule has 8 heteroatoms. The zero-order valence-electron chi connectivity index (χ0n) is 16.0. The zero-order chi connectivity index (χ0) is 19.3. The molecule has 1 saturated carbocycles. The highest BCUT2D eigenvalue weighted by Gasteiger charge is 2.37. The van der Waals surface area contributed by atoms with Crippen LogP contribution in [0.4, 0.5) is 4.79 Å². The molecule has 2 rings (SSSR count). The summed E-state index contributed by atoms with van der Waals surface area (Å²) >= 11 is 0. The molecule has 2 fully saturated rings. The van der Waals surface area contributed by atoms with Crippen LogP contribution in [0.15, 0.2) is 0 Å². The van der Waals surface area contributed by atoms with Crippen LogP contribution in [0.1, 0.15) is 46.0 Å². The number of nitrogens with zero attached hydrogens (tertiary/aromatic N) is 2. The maximum absolute atomic E-state index is 13.2. The summed E-state index contributed by atoms with van der Waals surface area (Å²) in [7, 11) is 1.36. The molecule has 0 spiro atoms. The molecule has 0 radical (unpaired) electrons. The van der Waals surface area contributed by atoms with Crippen molar-refractivity contribution in [3.8, 4) is 0 Å². The van der Waals surface area contributed by atoms with Gasteiger partial charge in [-0.25, -0.2) is 4.79 Å². The van der Waals surface area contributed by atoms with Crippen LogP contribution in [0, 0.1) is 5.92 Å². The molecule has 0 aromatic carbocycles. The Morgan fingerprint density at radius 2 is 1.88 bits per heavy atom. The van der Waals surface area contributed by atoms with E-state index in [1.807, 2.05) is 11.8 Å². The first kappa shape index (κ1) is 20.5. The summed E-state index contributed by atoms with van der Waals surface area (Å²) in [5.74, 6) is -0.337. The number of hydrogen-bond donors (Lipinski definition) is 3. The van der Waals surface area contributed by atoms with E-state index in [1.165, 1.54) is 7.05 Å². The fourth-order valence-electron chi connectivity index (χ4n) is 3.81. The fourth-order valence-corrected chi connectivity index (χ4v) is 3.81. The summed E-state index contributed by atoms with van der Waals surface area (Å²) in [4.78, 5) is 39.8. The minimum atomic E-state index is -1.16. The Kier molecular flexibility index (Phi) is 7.25. The summed E-state index contributed by atoms with van der Waals surface area (Å²) in [6.45, 7) is 5.67. The minimum absolute atomic E-state index is 0.0376. The Labute approximate surface area is 155 Å². The standard InChI is InChI=1S/C18H32N4O4/c1-12-11-19-9-10-22(12)17(24)15(14-7-5-4-6-8-14)20-16(23)13(2)21(3)18(25)26/h12-15,19H,4-11H2,1-3H3,(H,20,23)(H,25,26)/t12-,13?,15?/m1/s1. The van der Waals surface area contributed by atoms with Crippen molar-refractivity contribution in [2.24, 2.45) is 5.92 Å². The van der Waals surface area contributed by atoms with Crippen molar-refractivity contribution in [2.75, 3.05) is 26.7 Å². The third kappa shape index (κ3) is 4.87. The highest BCUT2D eigenvalue weighted by molar-refractivity contribution is 5.91. The van der Waals surface area contributed by atoms with Gasteiger partial charge in [0.2, 0.25) is 11.8 Å². The zero-order valence-corrected chi connectivity index (χ0v) is 16.0. The van der Waals surface area contributed by atoms with E-state index < -0.39 is 24.1 Å². The molecule has 2 aliphatic rings. The van der Waals surface area contributed by atoms with Crippen molar-refractivity contribution in [3.05, 3.63) is 0 Å². The molecule has 2 unspecified atom stereocenters. The topological polar surface area (TPSA) is 102 Å². The smallest absolute Gasteiger partial charge is 0.407 e. The van der Waals surface area contributed by atoms with Gasteiger partial charge in [-0.3, -0.25) is 14.5 Å². The summed E-state index contributed by atoms with van der Waals surface area (Å²) in [5.41, 5.74) is 0. The van der Waals surface area contributed by atoms with Gasteiger partial charge in [0.15, 0.2) is 0 Å². The first-order valence-electron chi connectivity index (χ1n) is 9.60. The second-order valence-corrected chi connectivity index (χ2v) is 7.54. The number of piperazine rings is 1. The second kappa shape index (κ2) is 9.21. The van der Waals surface area contributed by atoms with Crippen molar-refractivity contribution >= 4 is 17.9 Å². The summed E-state index contributed by atoms with van der Waals surface area (Å²) in [6, 6.07) is -1.34. The van der Waals surface area contributed by atoms with E-state index in [0.717, 1.165) is 50.1 Å². The van der Waals surface area contributed by atoms with Gasteiger partial charge in [0.1, 0.15) is 12.1 Å². The van der Waals surface area contributed by atoms with E-state index in [4.69, 9.17) is 5.11 Å². The maximum atomic E-state index is 13.2. The molecule has 3 amide bonds. The molecular formula is C18H32N4O4. The number of rotatable bonds is 5. The van der Waals surface area contributed by atoms with Crippen molar-refractivity contribution < 1.29 is 19.5 Å². The number of nitrogens with one attached hydrogen (secondary N) is 2. The average molecular weight is 368 g/mol. The number of amides is 3. The van der Waals surface area contributed by atoms with E-state index in [0.29, 0.717) is 6.54 Å². The molecule has 3 atom stereocenters. The van der Waals surface area contributed by atoms with Crippen LogP contribution in [-0.2, 0) is 9.59 Å². The Morgan fingerprint density at radius 1 is 1.23 bits per heavy atom. The first-order valence-corrected chi connectivity index (χ1v) is 9.60. The fraction of sp³-hybridized carbons (Fsp3) is 0.833. The van der Waals surface area contributed by atoms with Crippen LogP contribution in [0.3, 0.4) is 0 Å². The molecule has 8 nitrogen and oxygen atoms in total. The number of carbonyl (C=O) groups is 3. The average Bonchev–Trinajstić information content (AvgIpc) is 2.65. The highest BCUT2D eigenvalue weighted by Crippen LogP contribution is 2.28. The number of likely N-dealkylation sites (N-methyl/N-ethyl adjacent to an activating group) is 1. The van der Waals surface area contributed by atoms with E-state index in [2.05, 4.69) is 10.6 Å². The predicted octanol–water partition coefficient (Wildman–Crippen LogP) is 0.870. The molecule has 148 valence electrons. The van der Waals surface area contributed by atoms with E-state index >= 15 is 0 Å². The van der Waals surface area contributed by atoms with Crippen LogP contribution < -0.4 is 10.6 Å². The highest BCUT2D eigenvalue weighted by atomic mass is 16.4. The van der Waals surface area contributed by atoms with Gasteiger partial charge in [0.05, 0.1) is 0 Å². The van der Waals surface area contributed by atoms with Gasteiger partial charge in [0.25, 0.3) is 0 Å². The Hall–Kier alpha value is -1.83. The minimum Gasteiger partial charge on any atom is -0.465 e.